The van der Waals surface area contributed by atoms with Gasteiger partial charge in [0.1, 0.15) is 12.4 Å². The minimum Gasteiger partial charge on any atom is -0.490 e. The Bertz CT molecular complexity index is 453. The zero-order valence-corrected chi connectivity index (χ0v) is 13.4. The van der Waals surface area contributed by atoms with Crippen LogP contribution in [-0.4, -0.2) is 55.2 Å². The molecule has 6 nitrogen and oxygen atoms in total. The van der Waals surface area contributed by atoms with Gasteiger partial charge < -0.3 is 20.3 Å². The Labute approximate surface area is 132 Å². The molecule has 1 aliphatic carbocycles. The van der Waals surface area contributed by atoms with Gasteiger partial charge in [-0.15, -0.1) is 0 Å². The smallest absolute Gasteiger partial charge is 0.315 e. The molecule has 2 amide bonds. The van der Waals surface area contributed by atoms with Crippen LogP contribution in [0.2, 0.25) is 0 Å². The molecule has 0 aliphatic heterocycles. The Morgan fingerprint density at radius 3 is 3.05 bits per heavy atom. The lowest BCUT2D eigenvalue weighted by atomic mass is 9.90. The number of nitrogens with zero attached hydrogens (tertiary/aromatic N) is 2. The molecule has 1 aliphatic rings. The van der Waals surface area contributed by atoms with Crippen molar-refractivity contribution in [2.45, 2.75) is 37.8 Å². The highest BCUT2D eigenvalue weighted by molar-refractivity contribution is 5.74. The fourth-order valence-electron chi connectivity index (χ4n) is 2.77. The van der Waals surface area contributed by atoms with E-state index in [1.165, 1.54) is 6.42 Å². The predicted octanol–water partition coefficient (Wildman–Crippen LogP) is 1.63. The monoisotopic (exact) mass is 306 g/mol. The molecule has 0 radical (unpaired) electrons. The van der Waals surface area contributed by atoms with Crippen LogP contribution in [0.4, 0.5) is 4.79 Å². The summed E-state index contributed by atoms with van der Waals surface area (Å²) in [6.45, 7) is 0.911. The van der Waals surface area contributed by atoms with Gasteiger partial charge in [-0.05, 0) is 51.9 Å². The van der Waals surface area contributed by atoms with E-state index in [2.05, 4.69) is 34.6 Å². The van der Waals surface area contributed by atoms with E-state index in [0.717, 1.165) is 19.3 Å². The first-order chi connectivity index (χ1) is 10.6. The lowest BCUT2D eigenvalue weighted by Crippen LogP contribution is -2.47. The van der Waals surface area contributed by atoms with Gasteiger partial charge >= 0.3 is 6.03 Å². The number of ether oxygens (including phenoxy) is 1. The number of aromatic nitrogens is 1. The van der Waals surface area contributed by atoms with Gasteiger partial charge in [0.2, 0.25) is 0 Å². The normalized spacial score (nSPS) is 21.4. The van der Waals surface area contributed by atoms with Crippen LogP contribution in [0, 0.1) is 0 Å². The zero-order valence-electron chi connectivity index (χ0n) is 13.4. The van der Waals surface area contributed by atoms with Crippen molar-refractivity contribution in [3.05, 3.63) is 24.5 Å². The predicted molar refractivity (Wildman–Crippen MR) is 86.0 cm³/mol. The SMILES string of the molecule is CN(C)C1CCCC(NC(=O)NCCOc2cccnc2)C1. The third-order valence-electron chi connectivity index (χ3n) is 4.00. The quantitative estimate of drug-likeness (QED) is 0.784. The van der Waals surface area contributed by atoms with E-state index in [9.17, 15) is 4.79 Å². The maximum Gasteiger partial charge on any atom is 0.315 e. The van der Waals surface area contributed by atoms with Crippen molar-refractivity contribution in [3.8, 4) is 5.75 Å². The number of carbonyl (C=O) groups excluding carboxylic acids is 1. The van der Waals surface area contributed by atoms with Gasteiger partial charge in [0.25, 0.3) is 0 Å². The van der Waals surface area contributed by atoms with Crippen molar-refractivity contribution >= 4 is 6.03 Å². The van der Waals surface area contributed by atoms with Crippen LogP contribution in [0.25, 0.3) is 0 Å². The maximum absolute atomic E-state index is 11.9. The molecule has 1 saturated carbocycles. The van der Waals surface area contributed by atoms with Crippen molar-refractivity contribution in [3.63, 3.8) is 0 Å². The first-order valence-electron chi connectivity index (χ1n) is 7.89. The molecule has 122 valence electrons. The minimum atomic E-state index is -0.112. The van der Waals surface area contributed by atoms with E-state index in [4.69, 9.17) is 4.74 Å². The highest BCUT2D eigenvalue weighted by Crippen LogP contribution is 2.21. The summed E-state index contributed by atoms with van der Waals surface area (Å²) in [6, 6.07) is 4.38. The molecule has 1 fully saturated rings. The summed E-state index contributed by atoms with van der Waals surface area (Å²) in [7, 11) is 4.20. The highest BCUT2D eigenvalue weighted by Gasteiger charge is 2.24. The molecule has 0 aromatic carbocycles. The summed E-state index contributed by atoms with van der Waals surface area (Å²) in [5, 5.41) is 5.89. The standard InChI is InChI=1S/C16H26N4O2/c1-20(2)14-6-3-5-13(11-14)19-16(21)18-9-10-22-15-7-4-8-17-12-15/h4,7-8,12-14H,3,5-6,9-11H2,1-2H3,(H2,18,19,21). The van der Waals surface area contributed by atoms with Crippen LogP contribution in [0.15, 0.2) is 24.5 Å². The van der Waals surface area contributed by atoms with Gasteiger partial charge in [0.15, 0.2) is 0 Å². The lowest BCUT2D eigenvalue weighted by Gasteiger charge is -2.33. The molecular weight excluding hydrogens is 280 g/mol. The molecule has 1 heterocycles. The molecular formula is C16H26N4O2. The Morgan fingerprint density at radius 1 is 1.45 bits per heavy atom. The van der Waals surface area contributed by atoms with E-state index in [-0.39, 0.29) is 12.1 Å². The molecule has 0 bridgehead atoms. The van der Waals surface area contributed by atoms with Gasteiger partial charge in [-0.2, -0.15) is 0 Å². The van der Waals surface area contributed by atoms with Gasteiger partial charge in [0, 0.05) is 18.3 Å². The van der Waals surface area contributed by atoms with Crippen molar-refractivity contribution in [2.24, 2.45) is 0 Å². The second-order valence-electron chi connectivity index (χ2n) is 5.92. The summed E-state index contributed by atoms with van der Waals surface area (Å²) in [6.07, 6.45) is 7.81. The van der Waals surface area contributed by atoms with Crippen molar-refractivity contribution in [1.82, 2.24) is 20.5 Å². The molecule has 6 heteroatoms. The number of hydrogen-bond donors (Lipinski definition) is 2. The number of amides is 2. The fourth-order valence-corrected chi connectivity index (χ4v) is 2.77. The number of rotatable bonds is 6. The Hall–Kier alpha value is -1.82. The average Bonchev–Trinajstić information content (AvgIpc) is 2.53. The topological polar surface area (TPSA) is 66.5 Å². The summed E-state index contributed by atoms with van der Waals surface area (Å²) >= 11 is 0. The van der Waals surface area contributed by atoms with E-state index in [1.54, 1.807) is 12.4 Å². The second-order valence-corrected chi connectivity index (χ2v) is 5.92. The highest BCUT2D eigenvalue weighted by atomic mass is 16.5. The van der Waals surface area contributed by atoms with Crippen LogP contribution in [-0.2, 0) is 0 Å². The third-order valence-corrected chi connectivity index (χ3v) is 4.00. The summed E-state index contributed by atoms with van der Waals surface area (Å²) in [5.74, 6) is 0.714. The molecule has 2 atom stereocenters. The molecule has 0 saturated heterocycles. The lowest BCUT2D eigenvalue weighted by molar-refractivity contribution is 0.192. The summed E-state index contributed by atoms with van der Waals surface area (Å²) < 4.78 is 5.48. The van der Waals surface area contributed by atoms with Crippen molar-refractivity contribution < 1.29 is 9.53 Å². The first kappa shape index (κ1) is 16.5. The third kappa shape index (κ3) is 5.52. The number of pyridine rings is 1. The first-order valence-corrected chi connectivity index (χ1v) is 7.89. The van der Waals surface area contributed by atoms with Gasteiger partial charge in [-0.25, -0.2) is 4.79 Å². The van der Waals surface area contributed by atoms with E-state index in [1.807, 2.05) is 12.1 Å². The van der Waals surface area contributed by atoms with E-state index >= 15 is 0 Å². The van der Waals surface area contributed by atoms with Crippen LogP contribution >= 0.6 is 0 Å². The van der Waals surface area contributed by atoms with Crippen LogP contribution in [0.1, 0.15) is 25.7 Å². The largest absolute Gasteiger partial charge is 0.490 e. The molecule has 2 rings (SSSR count). The van der Waals surface area contributed by atoms with Crippen LogP contribution in [0.5, 0.6) is 5.75 Å². The Morgan fingerprint density at radius 2 is 2.32 bits per heavy atom. The molecule has 22 heavy (non-hydrogen) atoms. The molecule has 1 aromatic heterocycles. The van der Waals surface area contributed by atoms with Gasteiger partial charge in [0.05, 0.1) is 12.7 Å². The zero-order chi connectivity index (χ0) is 15.8. The van der Waals surface area contributed by atoms with E-state index < -0.39 is 0 Å². The average molecular weight is 306 g/mol. The van der Waals surface area contributed by atoms with Crippen LogP contribution < -0.4 is 15.4 Å². The van der Waals surface area contributed by atoms with E-state index in [0.29, 0.717) is 24.9 Å². The fraction of sp³-hybridized carbons (Fsp3) is 0.625. The van der Waals surface area contributed by atoms with Gasteiger partial charge in [-0.1, -0.05) is 0 Å². The number of nitrogens with one attached hydrogen (secondary N) is 2. The second kappa shape index (κ2) is 8.58. The van der Waals surface area contributed by atoms with Crippen molar-refractivity contribution in [2.75, 3.05) is 27.2 Å². The number of carbonyl (C=O) groups is 1. The molecule has 1 aromatic rings. The Balaban J connectivity index is 1.61. The maximum atomic E-state index is 11.9. The summed E-state index contributed by atoms with van der Waals surface area (Å²) in [5.41, 5.74) is 0. The minimum absolute atomic E-state index is 0.112. The molecule has 2 N–H and O–H groups in total. The number of urea groups is 1. The molecule has 0 spiro atoms. The number of hydrogen-bond acceptors (Lipinski definition) is 4. The Kier molecular flexibility index (Phi) is 6.45. The summed E-state index contributed by atoms with van der Waals surface area (Å²) in [4.78, 5) is 18.1. The van der Waals surface area contributed by atoms with Gasteiger partial charge in [-0.3, -0.25) is 4.98 Å². The van der Waals surface area contributed by atoms with Crippen molar-refractivity contribution in [1.29, 1.82) is 0 Å². The molecule has 2 unspecified atom stereocenters. The van der Waals surface area contributed by atoms with Crippen LogP contribution in [0.3, 0.4) is 0 Å².